The number of aliphatic hydroxyl groups is 4. The summed E-state index contributed by atoms with van der Waals surface area (Å²) in [5.74, 6) is -1.88. The summed E-state index contributed by atoms with van der Waals surface area (Å²) in [5, 5.41) is 50.1. The Labute approximate surface area is 489 Å². The number of ether oxygens (including phenoxy) is 14. The van der Waals surface area contributed by atoms with Crippen LogP contribution < -0.4 is 0 Å². The summed E-state index contributed by atoms with van der Waals surface area (Å²) in [7, 11) is 6.48. The molecule has 25 atom stereocenters. The van der Waals surface area contributed by atoms with Crippen LogP contribution in [0.25, 0.3) is 6.08 Å². The highest BCUT2D eigenvalue weighted by Gasteiger charge is 2.81. The van der Waals surface area contributed by atoms with Gasteiger partial charge in [0, 0.05) is 71.7 Å². The Bertz CT molecular complexity index is 2480. The molecule has 1 aromatic rings. The van der Waals surface area contributed by atoms with Crippen molar-refractivity contribution in [2.75, 3.05) is 28.4 Å². The molecule has 83 heavy (non-hydrogen) atoms. The fourth-order valence-corrected chi connectivity index (χ4v) is 15.6. The van der Waals surface area contributed by atoms with Crippen LogP contribution in [-0.2, 0) is 75.9 Å². The zero-order valence-electron chi connectivity index (χ0n) is 50.8. The fraction of sp³-hybridized carbons (Fsp3) is 0.778. The zero-order valence-corrected chi connectivity index (χ0v) is 50.8. The summed E-state index contributed by atoms with van der Waals surface area (Å²) < 4.78 is 87.9. The lowest BCUT2D eigenvalue weighted by molar-refractivity contribution is -0.347. The third kappa shape index (κ3) is 12.1. The minimum atomic E-state index is -1.98. The number of methoxy groups -OCH3 is 4. The van der Waals surface area contributed by atoms with Crippen LogP contribution in [0.5, 0.6) is 0 Å². The van der Waals surface area contributed by atoms with Crippen LogP contribution in [0.15, 0.2) is 59.7 Å². The Hall–Kier alpha value is -3.26. The van der Waals surface area contributed by atoms with Crippen LogP contribution in [0, 0.1) is 16.7 Å². The first-order valence-electron chi connectivity index (χ1n) is 30.1. The fourth-order valence-electron chi connectivity index (χ4n) is 15.6. The van der Waals surface area contributed by atoms with Gasteiger partial charge < -0.3 is 86.7 Å². The summed E-state index contributed by atoms with van der Waals surface area (Å²) in [6, 6.07) is 9.33. The molecule has 7 fully saturated rings. The Kier molecular flexibility index (Phi) is 20.0. The lowest BCUT2D eigenvalue weighted by Crippen LogP contribution is -2.78. The molecule has 9 rings (SSSR count). The predicted octanol–water partition coefficient (Wildman–Crippen LogP) is 6.54. The first kappa shape index (κ1) is 64.2. The van der Waals surface area contributed by atoms with E-state index < -0.39 is 150 Å². The van der Waals surface area contributed by atoms with Crippen LogP contribution in [0.2, 0.25) is 0 Å². The number of benzene rings is 1. The van der Waals surface area contributed by atoms with Crippen molar-refractivity contribution in [1.82, 2.24) is 0 Å². The van der Waals surface area contributed by atoms with E-state index in [-0.39, 0.29) is 37.9 Å². The molecule has 4 saturated heterocycles. The van der Waals surface area contributed by atoms with Gasteiger partial charge in [0.05, 0.1) is 60.4 Å². The molecule has 0 radical (unpaired) electrons. The zero-order chi connectivity index (χ0) is 60.0. The largest absolute Gasteiger partial charge is 0.458 e. The molecule has 4 aliphatic carbocycles. The van der Waals surface area contributed by atoms with Gasteiger partial charge in [-0.25, -0.2) is 9.59 Å². The number of aliphatic hydroxyl groups excluding tert-OH is 1. The predicted molar refractivity (Wildman–Crippen MR) is 300 cm³/mol. The second kappa shape index (κ2) is 25.8. The van der Waals surface area contributed by atoms with Crippen molar-refractivity contribution in [2.24, 2.45) is 16.7 Å². The van der Waals surface area contributed by atoms with Crippen molar-refractivity contribution in [3.63, 3.8) is 0 Å². The quantitative estimate of drug-likeness (QED) is 0.0692. The summed E-state index contributed by atoms with van der Waals surface area (Å²) in [6.45, 7) is 16.3. The molecule has 3 saturated carbocycles. The number of carbonyl (C=O) groups is 2. The van der Waals surface area contributed by atoms with E-state index in [0.717, 1.165) is 11.1 Å². The Morgan fingerprint density at radius 1 is 0.687 bits per heavy atom. The normalized spacial score (nSPS) is 46.1. The van der Waals surface area contributed by atoms with Crippen molar-refractivity contribution in [1.29, 1.82) is 0 Å². The molecule has 0 bridgehead atoms. The number of fused-ring (bicyclic) bond motifs is 5. The van der Waals surface area contributed by atoms with Crippen molar-refractivity contribution >= 4 is 18.0 Å². The maximum atomic E-state index is 13.9. The second-order valence-electron chi connectivity index (χ2n) is 25.2. The van der Waals surface area contributed by atoms with E-state index in [1.54, 1.807) is 75.2 Å². The van der Waals surface area contributed by atoms with Gasteiger partial charge in [-0.2, -0.15) is 0 Å². The van der Waals surface area contributed by atoms with Gasteiger partial charge in [-0.05, 0) is 110 Å². The summed E-state index contributed by atoms with van der Waals surface area (Å²) >= 11 is 0. The van der Waals surface area contributed by atoms with E-state index in [9.17, 15) is 30.0 Å². The van der Waals surface area contributed by atoms with E-state index >= 15 is 0 Å². The molecule has 1 aromatic carbocycles. The van der Waals surface area contributed by atoms with Crippen LogP contribution >= 0.6 is 0 Å². The molecule has 0 amide bonds. The number of carbonyl (C=O) groups excluding carboxylic acids is 2. The standard InChI is InChI=1S/C63H94O20/c1-14-34(2)58(66)78-39(7)61(67)26-27-63(69)60(61,9)48(80-49(64)21-20-40-18-16-15-17-19-40)33-47-59(8)24-23-42(28-41(59)22-25-62(47,63)68)79-50-30-44(71-11)55(36(4)75-50)82-52-32-46(73-13)57(38(6)77-52)83-53-31-45(72-12)56(37(5)76-53)81-51-29-43(70-10)54(65)35(3)74-51/h14-22,35-39,42-48,50-57,65,67-69H,23-33H2,1-13H3. The molecule has 4 aliphatic heterocycles. The molecule has 466 valence electrons. The average molecular weight is 1170 g/mol. The minimum absolute atomic E-state index is 0.0220. The van der Waals surface area contributed by atoms with E-state index in [1.807, 2.05) is 57.2 Å². The molecular formula is C63H94O20. The highest BCUT2D eigenvalue weighted by atomic mass is 16.8. The Balaban J connectivity index is 0.831. The van der Waals surface area contributed by atoms with E-state index in [4.69, 9.17) is 66.3 Å². The maximum Gasteiger partial charge on any atom is 0.333 e. The lowest BCUT2D eigenvalue weighted by atomic mass is 9.42. The maximum absolute atomic E-state index is 13.9. The van der Waals surface area contributed by atoms with Gasteiger partial charge in [-0.15, -0.1) is 0 Å². The highest BCUT2D eigenvalue weighted by molar-refractivity contribution is 5.88. The van der Waals surface area contributed by atoms with E-state index in [1.165, 1.54) is 6.08 Å². The van der Waals surface area contributed by atoms with Crippen LogP contribution in [0.1, 0.15) is 139 Å². The monoisotopic (exact) mass is 1170 g/mol. The molecular weight excluding hydrogens is 1080 g/mol. The SMILES string of the molecule is CC=C(C)C(=O)OC(C)C1(O)CCC2(O)C3(O)CC=C4CC(OC5CC(OC)C(OC6CC(OC)C(OC7CC(OC)C(OC8CC(OC)C(O)C(C)O8)C(C)O7)C(C)O6)C(C)O5)CCC4(C)C3CC(OC(=O)C=Cc3ccccc3)C12C. The molecule has 8 aliphatic rings. The Morgan fingerprint density at radius 3 is 1.71 bits per heavy atom. The number of rotatable bonds is 18. The summed E-state index contributed by atoms with van der Waals surface area (Å²) in [4.78, 5) is 27.1. The van der Waals surface area contributed by atoms with Gasteiger partial charge in [-0.1, -0.05) is 61.9 Å². The van der Waals surface area contributed by atoms with Crippen LogP contribution in [0.3, 0.4) is 0 Å². The van der Waals surface area contributed by atoms with Gasteiger partial charge in [0.15, 0.2) is 25.2 Å². The van der Waals surface area contributed by atoms with Crippen molar-refractivity contribution < 1.29 is 96.3 Å². The van der Waals surface area contributed by atoms with E-state index in [2.05, 4.69) is 6.92 Å². The molecule has 4 heterocycles. The van der Waals surface area contributed by atoms with Crippen molar-refractivity contribution in [3.8, 4) is 0 Å². The first-order valence-corrected chi connectivity index (χ1v) is 30.1. The smallest absolute Gasteiger partial charge is 0.333 e. The van der Waals surface area contributed by atoms with Crippen LogP contribution in [0.4, 0.5) is 0 Å². The van der Waals surface area contributed by atoms with Gasteiger partial charge in [0.1, 0.15) is 53.4 Å². The summed E-state index contributed by atoms with van der Waals surface area (Å²) in [5.41, 5.74) is -5.78. The van der Waals surface area contributed by atoms with Crippen molar-refractivity contribution in [3.05, 3.63) is 65.3 Å². The molecule has 4 N–H and O–H groups in total. The second-order valence-corrected chi connectivity index (χ2v) is 25.2. The number of allylic oxidation sites excluding steroid dienone is 1. The van der Waals surface area contributed by atoms with Gasteiger partial charge >= 0.3 is 11.9 Å². The lowest BCUT2D eigenvalue weighted by Gasteiger charge is -2.67. The number of hydrogen-bond donors (Lipinski definition) is 4. The van der Waals surface area contributed by atoms with E-state index in [0.29, 0.717) is 50.5 Å². The molecule has 0 spiro atoms. The molecule has 20 heteroatoms. The van der Waals surface area contributed by atoms with Gasteiger partial charge in [-0.3, -0.25) is 0 Å². The summed E-state index contributed by atoms with van der Waals surface area (Å²) in [6.07, 6.45) is -0.756. The molecule has 20 nitrogen and oxygen atoms in total. The third-order valence-electron chi connectivity index (χ3n) is 20.8. The average Bonchev–Trinajstić information content (AvgIpc) is 1.63. The third-order valence-corrected chi connectivity index (χ3v) is 20.8. The number of hydrogen-bond acceptors (Lipinski definition) is 20. The van der Waals surface area contributed by atoms with Crippen LogP contribution in [-0.4, -0.2) is 194 Å². The van der Waals surface area contributed by atoms with Gasteiger partial charge in [0.2, 0.25) is 0 Å². The minimum Gasteiger partial charge on any atom is -0.458 e. The topological polar surface area (TPSA) is 244 Å². The highest BCUT2D eigenvalue weighted by Crippen LogP contribution is 2.71. The first-order chi connectivity index (χ1) is 39.4. The molecule has 0 aromatic heterocycles. The Morgan fingerprint density at radius 2 is 1.19 bits per heavy atom. The number of esters is 2. The van der Waals surface area contributed by atoms with Gasteiger partial charge in [0.25, 0.3) is 0 Å². The van der Waals surface area contributed by atoms with Crippen molar-refractivity contribution in [2.45, 2.75) is 266 Å². The molecule has 25 unspecified atom stereocenters.